The molecule has 1 heterocycles. The molecule has 7 heteroatoms. The average Bonchev–Trinajstić information content (AvgIpc) is 3.03. The normalized spacial score (nSPS) is 10.9. The molecule has 0 aliphatic rings. The molecule has 1 aromatic heterocycles. The topological polar surface area (TPSA) is 72.7 Å². The predicted molar refractivity (Wildman–Crippen MR) is 92.4 cm³/mol. The summed E-state index contributed by atoms with van der Waals surface area (Å²) < 4.78 is 13.2. The summed E-state index contributed by atoms with van der Waals surface area (Å²) in [7, 11) is 0. The van der Waals surface area contributed by atoms with Crippen molar-refractivity contribution in [2.75, 3.05) is 5.32 Å². The third-order valence-electron chi connectivity index (χ3n) is 3.68. The van der Waals surface area contributed by atoms with Gasteiger partial charge in [0.05, 0.1) is 0 Å². The molecule has 128 valence electrons. The molecule has 0 aliphatic carbocycles. The Bertz CT molecular complexity index is 873. The van der Waals surface area contributed by atoms with Crippen molar-refractivity contribution in [1.82, 2.24) is 20.2 Å². The summed E-state index contributed by atoms with van der Waals surface area (Å²) in [5, 5.41) is 14.6. The van der Waals surface area contributed by atoms with E-state index in [1.54, 1.807) is 12.1 Å². The van der Waals surface area contributed by atoms with E-state index in [4.69, 9.17) is 0 Å². The first-order valence-electron chi connectivity index (χ1n) is 7.95. The number of aromatic nitrogens is 4. The van der Waals surface area contributed by atoms with Gasteiger partial charge in [-0.2, -0.15) is 4.80 Å². The highest BCUT2D eigenvalue weighted by atomic mass is 19.1. The summed E-state index contributed by atoms with van der Waals surface area (Å²) in [5.74, 6) is 0.0656. The van der Waals surface area contributed by atoms with Crippen LogP contribution in [0.5, 0.6) is 0 Å². The number of nitrogens with zero attached hydrogens (tertiary/aromatic N) is 4. The van der Waals surface area contributed by atoms with Crippen LogP contribution in [0, 0.1) is 5.82 Å². The van der Waals surface area contributed by atoms with Crippen LogP contribution in [0.3, 0.4) is 0 Å². The summed E-state index contributed by atoms with van der Waals surface area (Å²) in [6.07, 6.45) is 0. The van der Waals surface area contributed by atoms with Crippen LogP contribution in [0.4, 0.5) is 10.1 Å². The second-order valence-corrected chi connectivity index (χ2v) is 5.98. The SMILES string of the molecule is CC(C)c1ccc(NC(=O)Cn2nnc(-c3cccc(F)c3)n2)cc1. The lowest BCUT2D eigenvalue weighted by Crippen LogP contribution is -2.20. The van der Waals surface area contributed by atoms with Crippen LogP contribution < -0.4 is 5.32 Å². The maximum absolute atomic E-state index is 13.2. The molecule has 3 aromatic rings. The molecular formula is C18H18FN5O. The highest BCUT2D eigenvalue weighted by Gasteiger charge is 2.10. The minimum Gasteiger partial charge on any atom is -0.324 e. The molecule has 0 spiro atoms. The molecule has 0 radical (unpaired) electrons. The number of nitrogens with one attached hydrogen (secondary N) is 1. The van der Waals surface area contributed by atoms with Crippen LogP contribution in [0.2, 0.25) is 0 Å². The Morgan fingerprint density at radius 2 is 1.96 bits per heavy atom. The Hall–Kier alpha value is -3.09. The second kappa shape index (κ2) is 7.21. The first-order chi connectivity index (χ1) is 12.0. The van der Waals surface area contributed by atoms with Crippen molar-refractivity contribution in [1.29, 1.82) is 0 Å². The number of rotatable bonds is 5. The Balaban J connectivity index is 1.63. The van der Waals surface area contributed by atoms with Gasteiger partial charge in [-0.05, 0) is 41.0 Å². The zero-order chi connectivity index (χ0) is 17.8. The van der Waals surface area contributed by atoms with Crippen molar-refractivity contribution in [2.24, 2.45) is 0 Å². The molecule has 1 N–H and O–H groups in total. The standard InChI is InChI=1S/C18H18FN5O/c1-12(2)13-6-8-16(9-7-13)20-17(25)11-24-22-18(21-23-24)14-4-3-5-15(19)10-14/h3-10,12H,11H2,1-2H3,(H,20,25). The van der Waals surface area contributed by atoms with E-state index in [-0.39, 0.29) is 24.1 Å². The fourth-order valence-corrected chi connectivity index (χ4v) is 2.33. The number of amides is 1. The summed E-state index contributed by atoms with van der Waals surface area (Å²) >= 11 is 0. The van der Waals surface area contributed by atoms with Gasteiger partial charge in [-0.15, -0.1) is 10.2 Å². The van der Waals surface area contributed by atoms with Gasteiger partial charge in [0.2, 0.25) is 11.7 Å². The Labute approximate surface area is 144 Å². The number of carbonyl (C=O) groups excluding carboxylic acids is 1. The monoisotopic (exact) mass is 339 g/mol. The molecule has 0 fully saturated rings. The highest BCUT2D eigenvalue weighted by molar-refractivity contribution is 5.90. The van der Waals surface area contributed by atoms with Gasteiger partial charge in [0.1, 0.15) is 12.4 Å². The second-order valence-electron chi connectivity index (χ2n) is 5.98. The molecule has 0 bridgehead atoms. The lowest BCUT2D eigenvalue weighted by Gasteiger charge is -2.08. The molecule has 0 unspecified atom stereocenters. The van der Waals surface area contributed by atoms with E-state index in [0.717, 1.165) is 0 Å². The van der Waals surface area contributed by atoms with Gasteiger partial charge >= 0.3 is 0 Å². The molecule has 0 atom stereocenters. The number of tetrazole rings is 1. The molecule has 25 heavy (non-hydrogen) atoms. The van der Waals surface area contributed by atoms with Gasteiger partial charge in [-0.1, -0.05) is 38.1 Å². The smallest absolute Gasteiger partial charge is 0.248 e. The van der Waals surface area contributed by atoms with Crippen molar-refractivity contribution >= 4 is 11.6 Å². The van der Waals surface area contributed by atoms with Crippen molar-refractivity contribution in [2.45, 2.75) is 26.3 Å². The van der Waals surface area contributed by atoms with E-state index >= 15 is 0 Å². The molecule has 6 nitrogen and oxygen atoms in total. The van der Waals surface area contributed by atoms with E-state index in [2.05, 4.69) is 34.6 Å². The van der Waals surface area contributed by atoms with E-state index < -0.39 is 0 Å². The van der Waals surface area contributed by atoms with Crippen LogP contribution in [0.1, 0.15) is 25.3 Å². The van der Waals surface area contributed by atoms with Crippen LogP contribution in [-0.4, -0.2) is 26.1 Å². The number of hydrogen-bond donors (Lipinski definition) is 1. The Kier molecular flexibility index (Phi) is 4.83. The molecule has 3 rings (SSSR count). The maximum Gasteiger partial charge on any atom is 0.248 e. The van der Waals surface area contributed by atoms with Gasteiger partial charge in [0.15, 0.2) is 0 Å². The highest BCUT2D eigenvalue weighted by Crippen LogP contribution is 2.17. The van der Waals surface area contributed by atoms with Gasteiger partial charge in [-0.25, -0.2) is 4.39 Å². The number of hydrogen-bond acceptors (Lipinski definition) is 4. The number of anilines is 1. The van der Waals surface area contributed by atoms with Crippen LogP contribution in [-0.2, 0) is 11.3 Å². The van der Waals surface area contributed by atoms with Crippen LogP contribution >= 0.6 is 0 Å². The van der Waals surface area contributed by atoms with Gasteiger partial charge in [-0.3, -0.25) is 4.79 Å². The first kappa shape index (κ1) is 16.8. The average molecular weight is 339 g/mol. The van der Waals surface area contributed by atoms with Gasteiger partial charge in [0.25, 0.3) is 0 Å². The summed E-state index contributed by atoms with van der Waals surface area (Å²) in [4.78, 5) is 13.3. The summed E-state index contributed by atoms with van der Waals surface area (Å²) in [6.45, 7) is 4.15. The number of halogens is 1. The minimum atomic E-state index is -0.378. The van der Waals surface area contributed by atoms with Crippen LogP contribution in [0.25, 0.3) is 11.4 Å². The zero-order valence-corrected chi connectivity index (χ0v) is 14.0. The fraction of sp³-hybridized carbons (Fsp3) is 0.222. The Morgan fingerprint density at radius 1 is 1.20 bits per heavy atom. The van der Waals surface area contributed by atoms with Crippen molar-refractivity contribution in [3.05, 3.63) is 59.9 Å². The third kappa shape index (κ3) is 4.26. The van der Waals surface area contributed by atoms with Crippen molar-refractivity contribution in [3.8, 4) is 11.4 Å². The maximum atomic E-state index is 13.2. The third-order valence-corrected chi connectivity index (χ3v) is 3.68. The summed E-state index contributed by atoms with van der Waals surface area (Å²) in [6, 6.07) is 13.6. The first-order valence-corrected chi connectivity index (χ1v) is 7.95. The number of carbonyl (C=O) groups is 1. The van der Waals surface area contributed by atoms with E-state index in [9.17, 15) is 9.18 Å². The fourth-order valence-electron chi connectivity index (χ4n) is 2.33. The van der Waals surface area contributed by atoms with E-state index in [1.165, 1.54) is 22.5 Å². The lowest BCUT2D eigenvalue weighted by molar-refractivity contribution is -0.117. The molecule has 1 amide bonds. The van der Waals surface area contributed by atoms with E-state index in [1.807, 2.05) is 24.3 Å². The van der Waals surface area contributed by atoms with Gasteiger partial charge < -0.3 is 5.32 Å². The van der Waals surface area contributed by atoms with E-state index in [0.29, 0.717) is 17.2 Å². The number of benzene rings is 2. The largest absolute Gasteiger partial charge is 0.324 e. The Morgan fingerprint density at radius 3 is 2.64 bits per heavy atom. The summed E-state index contributed by atoms with van der Waals surface area (Å²) in [5.41, 5.74) is 2.42. The molecule has 0 saturated carbocycles. The molecule has 2 aromatic carbocycles. The van der Waals surface area contributed by atoms with Crippen molar-refractivity contribution < 1.29 is 9.18 Å². The van der Waals surface area contributed by atoms with Crippen molar-refractivity contribution in [3.63, 3.8) is 0 Å². The molecule has 0 saturated heterocycles. The predicted octanol–water partition coefficient (Wildman–Crippen LogP) is 3.24. The molecular weight excluding hydrogens is 321 g/mol. The lowest BCUT2D eigenvalue weighted by atomic mass is 10.0. The zero-order valence-electron chi connectivity index (χ0n) is 14.0. The molecule has 0 aliphatic heterocycles. The quantitative estimate of drug-likeness (QED) is 0.774. The van der Waals surface area contributed by atoms with Crippen LogP contribution in [0.15, 0.2) is 48.5 Å². The van der Waals surface area contributed by atoms with Gasteiger partial charge in [0, 0.05) is 11.3 Å². The minimum absolute atomic E-state index is 0.0752.